The number of nitrogens with one attached hydrogen (secondary N) is 1. The number of fused-ring (bicyclic) bond motifs is 1. The SMILES string of the molecule is CCCCOc1ccc(-c2cc3c(=O)n(CC(=O)Nc4ccc(F)cc4)ccn3n2)cc1. The van der Waals surface area contributed by atoms with Crippen LogP contribution < -0.4 is 15.6 Å². The van der Waals surface area contributed by atoms with Gasteiger partial charge in [-0.15, -0.1) is 0 Å². The minimum Gasteiger partial charge on any atom is -0.494 e. The number of ether oxygens (including phenoxy) is 1. The van der Waals surface area contributed by atoms with Gasteiger partial charge in [0.15, 0.2) is 0 Å². The van der Waals surface area contributed by atoms with Gasteiger partial charge in [0.2, 0.25) is 5.91 Å². The number of carbonyl (C=O) groups is 1. The first-order valence-electron chi connectivity index (χ1n) is 10.4. The summed E-state index contributed by atoms with van der Waals surface area (Å²) < 4.78 is 21.5. The lowest BCUT2D eigenvalue weighted by Gasteiger charge is -2.07. The van der Waals surface area contributed by atoms with E-state index in [1.165, 1.54) is 39.5 Å². The number of aromatic nitrogens is 3. The van der Waals surface area contributed by atoms with E-state index < -0.39 is 0 Å². The summed E-state index contributed by atoms with van der Waals surface area (Å²) in [5, 5.41) is 7.12. The van der Waals surface area contributed by atoms with Crippen LogP contribution in [0.2, 0.25) is 0 Å². The maximum absolute atomic E-state index is 13.0. The van der Waals surface area contributed by atoms with Crippen molar-refractivity contribution in [2.75, 3.05) is 11.9 Å². The standard InChI is InChI=1S/C24H23FN4O3/c1-2-3-14-32-20-10-4-17(5-11-20)21-15-22-24(31)28(12-13-29(22)27-21)16-23(30)26-19-8-6-18(25)7-9-19/h4-13,15H,2-3,14,16H2,1H3,(H,26,30). The number of unbranched alkanes of at least 4 members (excludes halogenated alkanes) is 1. The van der Waals surface area contributed by atoms with Gasteiger partial charge in [-0.25, -0.2) is 8.91 Å². The summed E-state index contributed by atoms with van der Waals surface area (Å²) in [5.41, 5.74) is 1.99. The highest BCUT2D eigenvalue weighted by atomic mass is 19.1. The second-order valence-electron chi connectivity index (χ2n) is 7.37. The summed E-state index contributed by atoms with van der Waals surface area (Å²) >= 11 is 0. The van der Waals surface area contributed by atoms with Crippen molar-refractivity contribution in [2.24, 2.45) is 0 Å². The molecule has 8 heteroatoms. The largest absolute Gasteiger partial charge is 0.494 e. The molecule has 0 atom stereocenters. The molecule has 0 radical (unpaired) electrons. The minimum absolute atomic E-state index is 0.170. The Bertz CT molecular complexity index is 1280. The third-order valence-electron chi connectivity index (χ3n) is 4.96. The van der Waals surface area contributed by atoms with Crippen molar-refractivity contribution in [3.8, 4) is 17.0 Å². The quantitative estimate of drug-likeness (QED) is 0.423. The molecule has 2 heterocycles. The molecule has 1 N–H and O–H groups in total. The predicted molar refractivity (Wildman–Crippen MR) is 120 cm³/mol. The second-order valence-corrected chi connectivity index (χ2v) is 7.37. The van der Waals surface area contributed by atoms with Crippen LogP contribution >= 0.6 is 0 Å². The molecule has 2 aromatic carbocycles. The van der Waals surface area contributed by atoms with Gasteiger partial charge in [-0.1, -0.05) is 13.3 Å². The number of rotatable bonds is 8. The van der Waals surface area contributed by atoms with Crippen LogP contribution in [0.25, 0.3) is 16.8 Å². The Hall–Kier alpha value is -3.94. The van der Waals surface area contributed by atoms with E-state index in [9.17, 15) is 14.0 Å². The molecule has 0 bridgehead atoms. The van der Waals surface area contributed by atoms with Crippen molar-refractivity contribution in [3.05, 3.63) is 83.2 Å². The van der Waals surface area contributed by atoms with Crippen molar-refractivity contribution in [3.63, 3.8) is 0 Å². The molecular weight excluding hydrogens is 411 g/mol. The van der Waals surface area contributed by atoms with Gasteiger partial charge in [0, 0.05) is 23.6 Å². The lowest BCUT2D eigenvalue weighted by atomic mass is 10.1. The Morgan fingerprint density at radius 1 is 1.09 bits per heavy atom. The summed E-state index contributed by atoms with van der Waals surface area (Å²) in [4.78, 5) is 25.2. The lowest BCUT2D eigenvalue weighted by Crippen LogP contribution is -2.28. The minimum atomic E-state index is -0.389. The molecule has 4 aromatic rings. The van der Waals surface area contributed by atoms with Crippen LogP contribution in [-0.4, -0.2) is 26.7 Å². The topological polar surface area (TPSA) is 77.6 Å². The third-order valence-corrected chi connectivity index (χ3v) is 4.96. The van der Waals surface area contributed by atoms with Gasteiger partial charge in [-0.2, -0.15) is 5.10 Å². The van der Waals surface area contributed by atoms with E-state index in [0.717, 1.165) is 24.2 Å². The Morgan fingerprint density at radius 3 is 2.56 bits per heavy atom. The molecule has 0 saturated carbocycles. The van der Waals surface area contributed by atoms with Crippen LogP contribution in [0.4, 0.5) is 10.1 Å². The van der Waals surface area contributed by atoms with E-state index in [2.05, 4.69) is 17.3 Å². The molecule has 0 spiro atoms. The number of hydrogen-bond donors (Lipinski definition) is 1. The van der Waals surface area contributed by atoms with E-state index in [1.54, 1.807) is 12.3 Å². The zero-order chi connectivity index (χ0) is 22.5. The van der Waals surface area contributed by atoms with Crippen molar-refractivity contribution < 1.29 is 13.9 Å². The van der Waals surface area contributed by atoms with E-state index >= 15 is 0 Å². The second kappa shape index (κ2) is 9.47. The monoisotopic (exact) mass is 434 g/mol. The normalized spacial score (nSPS) is 10.9. The number of amides is 1. The molecule has 7 nitrogen and oxygen atoms in total. The first-order chi connectivity index (χ1) is 15.5. The van der Waals surface area contributed by atoms with Crippen molar-refractivity contribution in [1.29, 1.82) is 0 Å². The smallest absolute Gasteiger partial charge is 0.277 e. The Balaban J connectivity index is 1.50. The number of carbonyl (C=O) groups excluding carboxylic acids is 1. The predicted octanol–water partition coefficient (Wildman–Crippen LogP) is 4.12. The van der Waals surface area contributed by atoms with E-state index in [-0.39, 0.29) is 23.8 Å². The van der Waals surface area contributed by atoms with Gasteiger partial charge in [0.1, 0.15) is 23.6 Å². The molecule has 164 valence electrons. The lowest BCUT2D eigenvalue weighted by molar-refractivity contribution is -0.116. The zero-order valence-corrected chi connectivity index (χ0v) is 17.6. The molecule has 2 aromatic heterocycles. The van der Waals surface area contributed by atoms with E-state index in [1.807, 2.05) is 24.3 Å². The highest BCUT2D eigenvalue weighted by Crippen LogP contribution is 2.22. The van der Waals surface area contributed by atoms with Crippen LogP contribution in [0.1, 0.15) is 19.8 Å². The summed E-state index contributed by atoms with van der Waals surface area (Å²) in [5.74, 6) is 0.0156. The molecule has 0 saturated heterocycles. The fourth-order valence-corrected chi connectivity index (χ4v) is 3.24. The van der Waals surface area contributed by atoms with Gasteiger partial charge < -0.3 is 14.6 Å². The van der Waals surface area contributed by atoms with Crippen LogP contribution in [0.5, 0.6) is 5.75 Å². The molecule has 0 unspecified atom stereocenters. The fourth-order valence-electron chi connectivity index (χ4n) is 3.24. The summed E-state index contributed by atoms with van der Waals surface area (Å²) in [6.45, 7) is 2.62. The van der Waals surface area contributed by atoms with Gasteiger partial charge >= 0.3 is 0 Å². The Morgan fingerprint density at radius 2 is 1.84 bits per heavy atom. The number of anilines is 1. The van der Waals surface area contributed by atoms with Crippen LogP contribution in [0.3, 0.4) is 0 Å². The van der Waals surface area contributed by atoms with Gasteiger partial charge in [-0.3, -0.25) is 9.59 Å². The summed E-state index contributed by atoms with van der Waals surface area (Å²) in [7, 11) is 0. The number of hydrogen-bond acceptors (Lipinski definition) is 4. The summed E-state index contributed by atoms with van der Waals surface area (Å²) in [6, 6.07) is 14.7. The first kappa shape index (κ1) is 21.3. The number of nitrogens with zero attached hydrogens (tertiary/aromatic N) is 3. The molecule has 32 heavy (non-hydrogen) atoms. The van der Waals surface area contributed by atoms with Gasteiger partial charge in [-0.05, 0) is 61.0 Å². The highest BCUT2D eigenvalue weighted by Gasteiger charge is 2.12. The molecule has 0 aliphatic heterocycles. The maximum atomic E-state index is 13.0. The molecule has 0 fully saturated rings. The molecule has 1 amide bonds. The van der Waals surface area contributed by atoms with Crippen molar-refractivity contribution in [1.82, 2.24) is 14.2 Å². The van der Waals surface area contributed by atoms with Crippen LogP contribution in [-0.2, 0) is 11.3 Å². The Labute approximate surface area is 184 Å². The molecular formula is C24H23FN4O3. The third kappa shape index (κ3) is 4.85. The maximum Gasteiger partial charge on any atom is 0.277 e. The first-order valence-corrected chi connectivity index (χ1v) is 10.4. The van der Waals surface area contributed by atoms with E-state index in [4.69, 9.17) is 4.74 Å². The van der Waals surface area contributed by atoms with Gasteiger partial charge in [0.25, 0.3) is 5.56 Å². The van der Waals surface area contributed by atoms with Crippen molar-refractivity contribution in [2.45, 2.75) is 26.3 Å². The highest BCUT2D eigenvalue weighted by molar-refractivity contribution is 5.90. The molecule has 0 aliphatic carbocycles. The fraction of sp³-hybridized carbons (Fsp3) is 0.208. The zero-order valence-electron chi connectivity index (χ0n) is 17.6. The molecule has 4 rings (SSSR count). The Kier molecular flexibility index (Phi) is 6.30. The summed E-state index contributed by atoms with van der Waals surface area (Å²) in [6.07, 6.45) is 5.22. The van der Waals surface area contributed by atoms with E-state index in [0.29, 0.717) is 23.5 Å². The van der Waals surface area contributed by atoms with Crippen molar-refractivity contribution >= 4 is 17.1 Å². The number of benzene rings is 2. The molecule has 0 aliphatic rings. The average Bonchev–Trinajstić information content (AvgIpc) is 3.23. The van der Waals surface area contributed by atoms with Crippen LogP contribution in [0.15, 0.2) is 71.8 Å². The average molecular weight is 434 g/mol. The van der Waals surface area contributed by atoms with Gasteiger partial charge in [0.05, 0.1) is 12.3 Å². The van der Waals surface area contributed by atoms with Crippen LogP contribution in [0, 0.1) is 5.82 Å². The number of halogens is 1.